The molecule has 238 valence electrons. The Bertz CT molecular complexity index is 1710. The van der Waals surface area contributed by atoms with Crippen molar-refractivity contribution in [1.82, 2.24) is 36.1 Å². The Labute approximate surface area is 266 Å². The van der Waals surface area contributed by atoms with E-state index in [1.54, 1.807) is 31.3 Å². The third-order valence-electron chi connectivity index (χ3n) is 8.04. The van der Waals surface area contributed by atoms with Crippen LogP contribution in [0.25, 0.3) is 10.9 Å². The topological polar surface area (TPSA) is 165 Å². The first-order valence-electron chi connectivity index (χ1n) is 15.2. The molecule has 46 heavy (non-hydrogen) atoms. The van der Waals surface area contributed by atoms with Crippen LogP contribution in [0.5, 0.6) is 0 Å². The van der Waals surface area contributed by atoms with Gasteiger partial charge in [-0.15, -0.1) is 0 Å². The highest BCUT2D eigenvalue weighted by molar-refractivity contribution is 5.98. The number of pyridine rings is 1. The summed E-state index contributed by atoms with van der Waals surface area (Å²) in [6.45, 7) is 3.05. The van der Waals surface area contributed by atoms with Crippen LogP contribution in [0, 0.1) is 0 Å². The van der Waals surface area contributed by atoms with Crippen LogP contribution < -0.4 is 21.3 Å². The van der Waals surface area contributed by atoms with Gasteiger partial charge >= 0.3 is 0 Å². The molecule has 2 aromatic heterocycles. The number of carbonyl (C=O) groups excluding carboxylic acids is 5. The molecule has 4 aromatic rings. The number of rotatable bonds is 5. The Balaban J connectivity index is 1.47. The first-order valence-corrected chi connectivity index (χ1v) is 15.2. The van der Waals surface area contributed by atoms with E-state index in [4.69, 9.17) is 0 Å². The number of nitrogens with zero attached hydrogens (tertiary/aromatic N) is 2. The number of carbonyl (C=O) groups is 5. The van der Waals surface area contributed by atoms with Crippen LogP contribution in [0.3, 0.4) is 0 Å². The van der Waals surface area contributed by atoms with Gasteiger partial charge in [0.1, 0.15) is 29.9 Å². The molecule has 5 amide bonds. The highest BCUT2D eigenvalue weighted by Gasteiger charge is 2.33. The second-order valence-corrected chi connectivity index (χ2v) is 11.3. The molecule has 12 nitrogen and oxygen atoms in total. The summed E-state index contributed by atoms with van der Waals surface area (Å²) in [6.07, 6.45) is 3.58. The van der Waals surface area contributed by atoms with E-state index in [0.717, 1.165) is 22.0 Å². The molecule has 1 aliphatic rings. The quantitative estimate of drug-likeness (QED) is 0.226. The van der Waals surface area contributed by atoms with E-state index < -0.39 is 53.7 Å². The van der Waals surface area contributed by atoms with Crippen LogP contribution in [0.15, 0.2) is 85.2 Å². The van der Waals surface area contributed by atoms with Gasteiger partial charge in [-0.1, -0.05) is 54.6 Å². The molecule has 1 aliphatic heterocycles. The molecule has 0 aliphatic carbocycles. The number of para-hydroxylation sites is 1. The molecule has 5 rings (SSSR count). The van der Waals surface area contributed by atoms with Gasteiger partial charge in [-0.05, 0) is 43.2 Å². The lowest BCUT2D eigenvalue weighted by molar-refractivity contribution is -0.133. The molecule has 12 heteroatoms. The van der Waals surface area contributed by atoms with Gasteiger partial charge in [0.25, 0.3) is 5.91 Å². The summed E-state index contributed by atoms with van der Waals surface area (Å²) in [4.78, 5) is 76.4. The number of nitrogens with one attached hydrogen (secondary N) is 5. The largest absolute Gasteiger partial charge is 0.361 e. The number of fused-ring (bicyclic) bond motifs is 1. The first-order chi connectivity index (χ1) is 22.2. The zero-order valence-electron chi connectivity index (χ0n) is 25.7. The van der Waals surface area contributed by atoms with Crippen molar-refractivity contribution in [3.63, 3.8) is 0 Å². The van der Waals surface area contributed by atoms with E-state index in [0.29, 0.717) is 0 Å². The van der Waals surface area contributed by atoms with E-state index in [2.05, 4.69) is 31.2 Å². The van der Waals surface area contributed by atoms with E-state index in [-0.39, 0.29) is 31.6 Å². The summed E-state index contributed by atoms with van der Waals surface area (Å²) in [6, 6.07) is 17.6. The van der Waals surface area contributed by atoms with Crippen molar-refractivity contribution in [2.45, 2.75) is 50.9 Å². The van der Waals surface area contributed by atoms with E-state index in [1.165, 1.54) is 18.0 Å². The number of amides is 5. The van der Waals surface area contributed by atoms with E-state index >= 15 is 0 Å². The van der Waals surface area contributed by atoms with Crippen molar-refractivity contribution in [1.29, 1.82) is 0 Å². The zero-order valence-corrected chi connectivity index (χ0v) is 25.7. The first kappa shape index (κ1) is 31.9. The van der Waals surface area contributed by atoms with Gasteiger partial charge in [0, 0.05) is 49.2 Å². The summed E-state index contributed by atoms with van der Waals surface area (Å²) >= 11 is 0. The Morgan fingerprint density at radius 2 is 1.48 bits per heavy atom. The number of aromatic amines is 1. The van der Waals surface area contributed by atoms with Crippen LogP contribution in [0.1, 0.15) is 35.5 Å². The maximum atomic E-state index is 13.7. The predicted octanol–water partition coefficient (Wildman–Crippen LogP) is 1.48. The van der Waals surface area contributed by atoms with Crippen LogP contribution in [-0.4, -0.2) is 81.7 Å². The van der Waals surface area contributed by atoms with Crippen LogP contribution >= 0.6 is 0 Å². The highest BCUT2D eigenvalue weighted by atomic mass is 16.2. The Morgan fingerprint density at radius 3 is 2.24 bits per heavy atom. The lowest BCUT2D eigenvalue weighted by Crippen LogP contribution is -2.57. The van der Waals surface area contributed by atoms with Crippen LogP contribution in [0.2, 0.25) is 0 Å². The lowest BCUT2D eigenvalue weighted by atomic mass is 10.0. The second kappa shape index (κ2) is 14.5. The molecule has 0 spiro atoms. The summed E-state index contributed by atoms with van der Waals surface area (Å²) in [5, 5.41) is 12.0. The molecule has 3 heterocycles. The average Bonchev–Trinajstić information content (AvgIpc) is 3.48. The van der Waals surface area contributed by atoms with Crippen LogP contribution in [-0.2, 0) is 32.0 Å². The molecule has 4 atom stereocenters. The molecular formula is C34H37N7O5. The van der Waals surface area contributed by atoms with Gasteiger partial charge in [0.15, 0.2) is 0 Å². The van der Waals surface area contributed by atoms with Gasteiger partial charge in [-0.25, -0.2) is 0 Å². The van der Waals surface area contributed by atoms with E-state index in [1.807, 2.05) is 54.6 Å². The van der Waals surface area contributed by atoms with Crippen molar-refractivity contribution in [2.24, 2.45) is 0 Å². The molecule has 0 bridgehead atoms. The monoisotopic (exact) mass is 623 g/mol. The summed E-state index contributed by atoms with van der Waals surface area (Å²) < 4.78 is 0. The minimum atomic E-state index is -1.08. The van der Waals surface area contributed by atoms with E-state index in [9.17, 15) is 24.0 Å². The number of hydrogen-bond acceptors (Lipinski definition) is 6. The zero-order chi connectivity index (χ0) is 32.6. The molecule has 1 saturated heterocycles. The normalized spacial score (nSPS) is 21.7. The molecular weight excluding hydrogens is 586 g/mol. The molecule has 2 aromatic carbocycles. The predicted molar refractivity (Wildman–Crippen MR) is 171 cm³/mol. The summed E-state index contributed by atoms with van der Waals surface area (Å²) in [5.41, 5.74) is 2.61. The van der Waals surface area contributed by atoms with Crippen molar-refractivity contribution in [2.75, 3.05) is 13.1 Å². The average molecular weight is 624 g/mol. The Hall–Kier alpha value is -5.52. The second-order valence-electron chi connectivity index (χ2n) is 11.3. The van der Waals surface area contributed by atoms with Crippen molar-refractivity contribution in [3.8, 4) is 0 Å². The van der Waals surface area contributed by atoms with Crippen molar-refractivity contribution in [3.05, 3.63) is 102 Å². The Morgan fingerprint density at radius 1 is 0.783 bits per heavy atom. The third-order valence-corrected chi connectivity index (χ3v) is 8.04. The molecule has 0 radical (unpaired) electrons. The highest BCUT2D eigenvalue weighted by Crippen LogP contribution is 2.20. The number of benzene rings is 2. The SMILES string of the molecule is C[C@@H]1NC(=O)[C@@H](Cc2c[nH]c3ccccc23)NC(=O)[C@@H](C)N(C(=O)c2ccccn2)CCNC(=O)[C@H](Cc2ccccc2)NC1=O. The summed E-state index contributed by atoms with van der Waals surface area (Å²) in [5.74, 6) is -2.70. The molecule has 0 saturated carbocycles. The van der Waals surface area contributed by atoms with Crippen molar-refractivity contribution < 1.29 is 24.0 Å². The number of aromatic nitrogens is 2. The minimum absolute atomic E-state index is 0.00168. The molecule has 0 unspecified atom stereocenters. The number of hydrogen-bond donors (Lipinski definition) is 5. The minimum Gasteiger partial charge on any atom is -0.361 e. The molecule has 1 fully saturated rings. The standard InChI is InChI=1S/C34H37N7O5/c1-21-30(42)39-28(18-23-10-4-3-5-11-23)32(44)36-16-17-41(34(46)27-14-8-9-15-35-27)22(2)31(43)40-29(33(45)38-21)19-24-20-37-26-13-7-6-12-25(24)26/h3-15,20-22,28-29,37H,16-19H2,1-2H3,(H,36,44)(H,38,45)(H,39,42)(H,40,43)/t21-,22+,28-,29+/m0/s1. The van der Waals surface area contributed by atoms with Gasteiger partial charge in [0.05, 0.1) is 0 Å². The lowest BCUT2D eigenvalue weighted by Gasteiger charge is -2.30. The van der Waals surface area contributed by atoms with Gasteiger partial charge in [0.2, 0.25) is 23.6 Å². The maximum absolute atomic E-state index is 13.7. The van der Waals surface area contributed by atoms with Crippen molar-refractivity contribution >= 4 is 40.4 Å². The van der Waals surface area contributed by atoms with Gasteiger partial charge < -0.3 is 31.2 Å². The van der Waals surface area contributed by atoms with Gasteiger partial charge in [-0.2, -0.15) is 0 Å². The fraction of sp³-hybridized carbons (Fsp3) is 0.294. The van der Waals surface area contributed by atoms with Crippen LogP contribution in [0.4, 0.5) is 0 Å². The third kappa shape index (κ3) is 7.57. The number of H-pyrrole nitrogens is 1. The Kier molecular flexibility index (Phi) is 10.1. The fourth-order valence-corrected chi connectivity index (χ4v) is 5.43. The molecule has 5 N–H and O–H groups in total. The maximum Gasteiger partial charge on any atom is 0.273 e. The summed E-state index contributed by atoms with van der Waals surface area (Å²) in [7, 11) is 0. The smallest absolute Gasteiger partial charge is 0.273 e. The fourth-order valence-electron chi connectivity index (χ4n) is 5.43. The van der Waals surface area contributed by atoms with Gasteiger partial charge in [-0.3, -0.25) is 29.0 Å².